The Labute approximate surface area is 192 Å². The van der Waals surface area contributed by atoms with Crippen LogP contribution in [0.3, 0.4) is 0 Å². The maximum atomic E-state index is 5.44. The number of nitrogens with zero attached hydrogens (tertiary/aromatic N) is 4. The Morgan fingerprint density at radius 2 is 1.84 bits per heavy atom. The second-order valence-corrected chi connectivity index (χ2v) is 8.25. The van der Waals surface area contributed by atoms with Crippen molar-refractivity contribution in [2.24, 2.45) is 5.10 Å². The number of ether oxygens (including phenoxy) is 1. The van der Waals surface area contributed by atoms with Crippen molar-refractivity contribution in [1.29, 1.82) is 0 Å². The molecule has 1 fully saturated rings. The standard InChI is InChI=1S/C25H38N6O/c1-4-10-31(11-5-2)23-18-24(26-9-12-30-13-15-32-16-14-30)28-25(19-23)29-27-20-22-8-6-7-21(3)17-22/h6-8,17-20H,4-5,9-16H2,1-3H3,(H2,26,28,29)/b27-20+. The highest BCUT2D eigenvalue weighted by atomic mass is 16.5. The molecule has 7 nitrogen and oxygen atoms in total. The molecule has 2 N–H and O–H groups in total. The van der Waals surface area contributed by atoms with Crippen LogP contribution in [0, 0.1) is 6.92 Å². The van der Waals surface area contributed by atoms with E-state index >= 15 is 0 Å². The van der Waals surface area contributed by atoms with Gasteiger partial charge in [0, 0.05) is 57.1 Å². The average Bonchev–Trinajstić information content (AvgIpc) is 2.80. The van der Waals surface area contributed by atoms with Crippen molar-refractivity contribution in [1.82, 2.24) is 9.88 Å². The molecule has 0 radical (unpaired) electrons. The molecule has 0 unspecified atom stereocenters. The molecule has 0 aliphatic carbocycles. The fourth-order valence-electron chi connectivity index (χ4n) is 3.85. The minimum atomic E-state index is 0.748. The van der Waals surface area contributed by atoms with Crippen molar-refractivity contribution < 1.29 is 4.74 Å². The zero-order chi connectivity index (χ0) is 22.6. The third-order valence-electron chi connectivity index (χ3n) is 5.44. The summed E-state index contributed by atoms with van der Waals surface area (Å²) in [6, 6.07) is 12.5. The van der Waals surface area contributed by atoms with Gasteiger partial charge < -0.3 is 15.0 Å². The lowest BCUT2D eigenvalue weighted by molar-refractivity contribution is 0.0398. The molecule has 1 saturated heterocycles. The molecule has 1 aliphatic heterocycles. The van der Waals surface area contributed by atoms with E-state index in [1.165, 1.54) is 11.3 Å². The van der Waals surface area contributed by atoms with Gasteiger partial charge in [0.1, 0.15) is 5.82 Å². The van der Waals surface area contributed by atoms with Crippen LogP contribution in [0.5, 0.6) is 0 Å². The molecule has 2 aromatic rings. The molecule has 3 rings (SSSR count). The van der Waals surface area contributed by atoms with Gasteiger partial charge in [0.15, 0.2) is 5.82 Å². The van der Waals surface area contributed by atoms with Gasteiger partial charge in [0.05, 0.1) is 19.4 Å². The quantitative estimate of drug-likeness (QED) is 0.382. The van der Waals surface area contributed by atoms with Crippen LogP contribution in [0.25, 0.3) is 0 Å². The summed E-state index contributed by atoms with van der Waals surface area (Å²) >= 11 is 0. The SMILES string of the molecule is CCCN(CCC)c1cc(NCCN2CCOCC2)nc(N/N=C/c2cccc(C)c2)c1. The molecule has 0 amide bonds. The Kier molecular flexibility index (Phi) is 9.78. The summed E-state index contributed by atoms with van der Waals surface area (Å²) in [6.07, 6.45) is 4.05. The van der Waals surface area contributed by atoms with Crippen LogP contribution < -0.4 is 15.6 Å². The Morgan fingerprint density at radius 1 is 1.09 bits per heavy atom. The first-order chi connectivity index (χ1) is 15.7. The number of nitrogens with one attached hydrogen (secondary N) is 2. The van der Waals surface area contributed by atoms with Crippen molar-refractivity contribution in [3.05, 3.63) is 47.5 Å². The zero-order valence-electron chi connectivity index (χ0n) is 19.8. The fraction of sp³-hybridized carbons (Fsp3) is 0.520. The number of rotatable bonds is 12. The van der Waals surface area contributed by atoms with E-state index < -0.39 is 0 Å². The number of hydrazone groups is 1. The first-order valence-electron chi connectivity index (χ1n) is 11.8. The van der Waals surface area contributed by atoms with Gasteiger partial charge in [-0.15, -0.1) is 0 Å². The zero-order valence-corrected chi connectivity index (χ0v) is 19.8. The normalized spacial score (nSPS) is 14.6. The first-order valence-corrected chi connectivity index (χ1v) is 11.8. The third kappa shape index (κ3) is 7.80. The highest BCUT2D eigenvalue weighted by molar-refractivity contribution is 5.80. The summed E-state index contributed by atoms with van der Waals surface area (Å²) in [6.45, 7) is 14.0. The van der Waals surface area contributed by atoms with Crippen LogP contribution in [0.1, 0.15) is 37.8 Å². The van der Waals surface area contributed by atoms with Crippen molar-refractivity contribution >= 4 is 23.5 Å². The largest absolute Gasteiger partial charge is 0.379 e. The van der Waals surface area contributed by atoms with Gasteiger partial charge in [0.25, 0.3) is 0 Å². The maximum absolute atomic E-state index is 5.44. The van der Waals surface area contributed by atoms with Crippen molar-refractivity contribution in [3.8, 4) is 0 Å². The van der Waals surface area contributed by atoms with Crippen LogP contribution in [0.15, 0.2) is 41.5 Å². The van der Waals surface area contributed by atoms with Crippen molar-refractivity contribution in [2.75, 3.05) is 68.1 Å². The van der Waals surface area contributed by atoms with E-state index in [9.17, 15) is 0 Å². The van der Waals surface area contributed by atoms with Crippen molar-refractivity contribution in [3.63, 3.8) is 0 Å². The molecule has 1 aliphatic rings. The summed E-state index contributed by atoms with van der Waals surface area (Å²) < 4.78 is 5.44. The van der Waals surface area contributed by atoms with E-state index in [4.69, 9.17) is 9.72 Å². The van der Waals surface area contributed by atoms with E-state index in [1.54, 1.807) is 0 Å². The highest BCUT2D eigenvalue weighted by Gasteiger charge is 2.11. The summed E-state index contributed by atoms with van der Waals surface area (Å²) in [5.74, 6) is 1.62. The van der Waals surface area contributed by atoms with Gasteiger partial charge in [-0.1, -0.05) is 43.7 Å². The number of pyridine rings is 1. The average molecular weight is 439 g/mol. The topological polar surface area (TPSA) is 65.0 Å². The van der Waals surface area contributed by atoms with Gasteiger partial charge in [-0.25, -0.2) is 4.98 Å². The Bertz CT molecular complexity index is 844. The molecular formula is C25H38N6O. The second-order valence-electron chi connectivity index (χ2n) is 8.25. The predicted molar refractivity (Wildman–Crippen MR) is 135 cm³/mol. The number of hydrogen-bond donors (Lipinski definition) is 2. The Hall–Kier alpha value is -2.64. The Balaban J connectivity index is 1.71. The summed E-state index contributed by atoms with van der Waals surface area (Å²) in [5, 5.41) is 7.95. The van der Waals surface area contributed by atoms with Gasteiger partial charge in [-0.3, -0.25) is 10.3 Å². The van der Waals surface area contributed by atoms with E-state index in [-0.39, 0.29) is 0 Å². The van der Waals surface area contributed by atoms with Gasteiger partial charge in [0.2, 0.25) is 0 Å². The monoisotopic (exact) mass is 438 g/mol. The number of aromatic nitrogens is 1. The molecule has 1 aromatic heterocycles. The maximum Gasteiger partial charge on any atom is 0.150 e. The van der Waals surface area contributed by atoms with Gasteiger partial charge >= 0.3 is 0 Å². The third-order valence-corrected chi connectivity index (χ3v) is 5.44. The molecular weight excluding hydrogens is 400 g/mol. The summed E-state index contributed by atoms with van der Waals surface area (Å²) in [4.78, 5) is 9.61. The lowest BCUT2D eigenvalue weighted by Crippen LogP contribution is -2.39. The van der Waals surface area contributed by atoms with E-state index in [0.29, 0.717) is 0 Å². The molecule has 0 atom stereocenters. The van der Waals surface area contributed by atoms with Crippen LogP contribution in [0.2, 0.25) is 0 Å². The number of aryl methyl sites for hydroxylation is 1. The molecule has 32 heavy (non-hydrogen) atoms. The van der Waals surface area contributed by atoms with Crippen molar-refractivity contribution in [2.45, 2.75) is 33.6 Å². The van der Waals surface area contributed by atoms with Crippen LogP contribution in [0.4, 0.5) is 17.3 Å². The van der Waals surface area contributed by atoms with Gasteiger partial charge in [-0.2, -0.15) is 5.10 Å². The van der Waals surface area contributed by atoms with Gasteiger partial charge in [-0.05, 0) is 25.3 Å². The minimum absolute atomic E-state index is 0.748. The number of morpholine rings is 1. The number of benzene rings is 1. The van der Waals surface area contributed by atoms with Crippen LogP contribution in [-0.4, -0.2) is 68.6 Å². The second kappa shape index (κ2) is 13.0. The first kappa shape index (κ1) is 24.0. The molecule has 1 aromatic carbocycles. The summed E-state index contributed by atoms with van der Waals surface area (Å²) in [5.41, 5.74) is 6.59. The van der Waals surface area contributed by atoms with E-state index in [0.717, 1.165) is 82.5 Å². The molecule has 0 saturated carbocycles. The smallest absolute Gasteiger partial charge is 0.150 e. The molecule has 0 spiro atoms. The fourth-order valence-corrected chi connectivity index (χ4v) is 3.85. The van der Waals surface area contributed by atoms with E-state index in [2.05, 4.69) is 70.7 Å². The molecule has 2 heterocycles. The van der Waals surface area contributed by atoms with Crippen LogP contribution >= 0.6 is 0 Å². The highest BCUT2D eigenvalue weighted by Crippen LogP contribution is 2.23. The lowest BCUT2D eigenvalue weighted by atomic mass is 10.2. The number of anilines is 3. The Morgan fingerprint density at radius 3 is 2.56 bits per heavy atom. The number of hydrogen-bond acceptors (Lipinski definition) is 7. The predicted octanol–water partition coefficient (Wildman–Crippen LogP) is 4.21. The van der Waals surface area contributed by atoms with Crippen LogP contribution in [-0.2, 0) is 4.74 Å². The molecule has 7 heteroatoms. The van der Waals surface area contributed by atoms with E-state index in [1.807, 2.05) is 18.3 Å². The lowest BCUT2D eigenvalue weighted by Gasteiger charge is -2.27. The molecule has 174 valence electrons. The molecule has 0 bridgehead atoms. The minimum Gasteiger partial charge on any atom is -0.379 e. The summed E-state index contributed by atoms with van der Waals surface area (Å²) in [7, 11) is 0.